The summed E-state index contributed by atoms with van der Waals surface area (Å²) in [5.41, 5.74) is 0. The predicted molar refractivity (Wildman–Crippen MR) is 78.8 cm³/mol. The molecule has 2 rings (SSSR count). The van der Waals surface area contributed by atoms with E-state index >= 15 is 0 Å². The third-order valence-electron chi connectivity index (χ3n) is 5.35. The molecule has 0 N–H and O–H groups in total. The highest BCUT2D eigenvalue weighted by molar-refractivity contribution is 4.85. The van der Waals surface area contributed by atoms with E-state index in [4.69, 9.17) is 0 Å². The first-order valence-electron chi connectivity index (χ1n) is 8.04. The van der Waals surface area contributed by atoms with Crippen molar-refractivity contribution >= 4 is 0 Å². The Hall–Kier alpha value is -0.0800. The molecule has 0 radical (unpaired) electrons. The van der Waals surface area contributed by atoms with Gasteiger partial charge in [0.2, 0.25) is 0 Å². The Bertz CT molecular complexity index is 233. The molecule has 0 spiro atoms. The molecular formula is C16H32N2. The van der Waals surface area contributed by atoms with Crippen LogP contribution in [0.2, 0.25) is 0 Å². The van der Waals surface area contributed by atoms with E-state index in [1.165, 1.54) is 52.1 Å². The van der Waals surface area contributed by atoms with Crippen molar-refractivity contribution in [3.63, 3.8) is 0 Å². The average Bonchev–Trinajstić information content (AvgIpc) is 2.35. The van der Waals surface area contributed by atoms with Crippen LogP contribution >= 0.6 is 0 Å². The van der Waals surface area contributed by atoms with Gasteiger partial charge in [-0.15, -0.1) is 0 Å². The second-order valence-electron chi connectivity index (χ2n) is 6.95. The Balaban J connectivity index is 1.84. The fourth-order valence-electron chi connectivity index (χ4n) is 3.88. The van der Waals surface area contributed by atoms with Crippen LogP contribution in [0.25, 0.3) is 0 Å². The van der Waals surface area contributed by atoms with Gasteiger partial charge < -0.3 is 9.80 Å². The number of hydrogen-bond donors (Lipinski definition) is 0. The van der Waals surface area contributed by atoms with E-state index in [1.54, 1.807) is 0 Å². The van der Waals surface area contributed by atoms with Gasteiger partial charge in [0.25, 0.3) is 0 Å². The Morgan fingerprint density at radius 3 is 1.94 bits per heavy atom. The summed E-state index contributed by atoms with van der Waals surface area (Å²) in [6.45, 7) is 17.5. The van der Waals surface area contributed by atoms with Crippen molar-refractivity contribution in [2.75, 3.05) is 39.3 Å². The third kappa shape index (κ3) is 3.48. The fourth-order valence-corrected chi connectivity index (χ4v) is 3.88. The lowest BCUT2D eigenvalue weighted by atomic mass is 9.78. The molecule has 2 atom stereocenters. The Labute approximate surface area is 114 Å². The van der Waals surface area contributed by atoms with Crippen LogP contribution in [-0.2, 0) is 0 Å². The van der Waals surface area contributed by atoms with Gasteiger partial charge in [-0.25, -0.2) is 0 Å². The van der Waals surface area contributed by atoms with Crippen LogP contribution in [0.5, 0.6) is 0 Å². The molecule has 2 fully saturated rings. The minimum absolute atomic E-state index is 0.869. The highest BCUT2D eigenvalue weighted by Gasteiger charge is 2.32. The second-order valence-corrected chi connectivity index (χ2v) is 6.95. The Morgan fingerprint density at radius 1 is 0.889 bits per heavy atom. The lowest BCUT2D eigenvalue weighted by Crippen LogP contribution is -2.49. The van der Waals surface area contributed by atoms with E-state index in [1.807, 2.05) is 0 Å². The van der Waals surface area contributed by atoms with Gasteiger partial charge in [0.05, 0.1) is 0 Å². The zero-order valence-electron chi connectivity index (χ0n) is 12.9. The summed E-state index contributed by atoms with van der Waals surface area (Å²) >= 11 is 0. The molecular weight excluding hydrogens is 220 g/mol. The zero-order valence-corrected chi connectivity index (χ0v) is 12.9. The summed E-state index contributed by atoms with van der Waals surface area (Å²) in [5.74, 6) is 3.61. The summed E-state index contributed by atoms with van der Waals surface area (Å²) in [7, 11) is 0. The van der Waals surface area contributed by atoms with Crippen molar-refractivity contribution in [3.8, 4) is 0 Å². The van der Waals surface area contributed by atoms with E-state index < -0.39 is 0 Å². The first-order valence-corrected chi connectivity index (χ1v) is 8.04. The van der Waals surface area contributed by atoms with Crippen molar-refractivity contribution in [2.45, 2.75) is 40.5 Å². The maximum absolute atomic E-state index is 2.74. The lowest BCUT2D eigenvalue weighted by Gasteiger charge is -2.44. The average molecular weight is 252 g/mol. The van der Waals surface area contributed by atoms with E-state index in [0.29, 0.717) is 0 Å². The standard InChI is InChI=1S/C16H32N2/c1-5-17-10-14(3)16(15(4)11-17)12-18-8-6-13(2)7-9-18/h13-16H,5-12H2,1-4H3. The molecule has 2 aliphatic rings. The maximum atomic E-state index is 2.74. The summed E-state index contributed by atoms with van der Waals surface area (Å²) in [4.78, 5) is 5.36. The summed E-state index contributed by atoms with van der Waals surface area (Å²) in [5, 5.41) is 0. The SMILES string of the molecule is CCN1CC(C)C(CN2CCC(C)CC2)C(C)C1. The Kier molecular flexibility index (Phi) is 5.08. The normalized spacial score (nSPS) is 37.0. The summed E-state index contributed by atoms with van der Waals surface area (Å²) < 4.78 is 0. The van der Waals surface area contributed by atoms with E-state index in [2.05, 4.69) is 37.5 Å². The number of piperidine rings is 2. The summed E-state index contributed by atoms with van der Waals surface area (Å²) in [6.07, 6.45) is 2.83. The third-order valence-corrected chi connectivity index (χ3v) is 5.35. The van der Waals surface area contributed by atoms with Crippen LogP contribution < -0.4 is 0 Å². The molecule has 0 bridgehead atoms. The first-order chi connectivity index (χ1) is 8.60. The predicted octanol–water partition coefficient (Wildman–Crippen LogP) is 2.94. The van der Waals surface area contributed by atoms with Crippen LogP contribution in [-0.4, -0.2) is 49.1 Å². The highest BCUT2D eigenvalue weighted by atomic mass is 15.2. The highest BCUT2D eigenvalue weighted by Crippen LogP contribution is 2.30. The minimum Gasteiger partial charge on any atom is -0.303 e. The Morgan fingerprint density at radius 2 is 1.44 bits per heavy atom. The van der Waals surface area contributed by atoms with Gasteiger partial charge in [-0.2, -0.15) is 0 Å². The quantitative estimate of drug-likeness (QED) is 0.762. The van der Waals surface area contributed by atoms with Gasteiger partial charge in [-0.3, -0.25) is 0 Å². The molecule has 0 amide bonds. The molecule has 18 heavy (non-hydrogen) atoms. The van der Waals surface area contributed by atoms with E-state index in [9.17, 15) is 0 Å². The first kappa shape index (κ1) is 14.3. The molecule has 2 unspecified atom stereocenters. The molecule has 2 aliphatic heterocycles. The molecule has 106 valence electrons. The lowest BCUT2D eigenvalue weighted by molar-refractivity contribution is 0.0461. The van der Waals surface area contributed by atoms with Gasteiger partial charge in [-0.05, 0) is 56.1 Å². The van der Waals surface area contributed by atoms with Crippen molar-refractivity contribution in [2.24, 2.45) is 23.7 Å². The molecule has 2 saturated heterocycles. The van der Waals surface area contributed by atoms with Gasteiger partial charge in [0, 0.05) is 19.6 Å². The molecule has 0 saturated carbocycles. The molecule has 2 heterocycles. The van der Waals surface area contributed by atoms with E-state index in [-0.39, 0.29) is 0 Å². The number of rotatable bonds is 3. The van der Waals surface area contributed by atoms with Crippen molar-refractivity contribution in [3.05, 3.63) is 0 Å². The van der Waals surface area contributed by atoms with Crippen molar-refractivity contribution in [1.29, 1.82) is 0 Å². The van der Waals surface area contributed by atoms with Crippen molar-refractivity contribution < 1.29 is 0 Å². The minimum atomic E-state index is 0.869. The van der Waals surface area contributed by atoms with Gasteiger partial charge in [0.1, 0.15) is 0 Å². The molecule has 0 aromatic carbocycles. The zero-order chi connectivity index (χ0) is 13.1. The summed E-state index contributed by atoms with van der Waals surface area (Å²) in [6, 6.07) is 0. The van der Waals surface area contributed by atoms with Gasteiger partial charge >= 0.3 is 0 Å². The monoisotopic (exact) mass is 252 g/mol. The number of hydrogen-bond acceptors (Lipinski definition) is 2. The number of nitrogens with zero attached hydrogens (tertiary/aromatic N) is 2. The van der Waals surface area contributed by atoms with E-state index in [0.717, 1.165) is 23.7 Å². The van der Waals surface area contributed by atoms with Gasteiger partial charge in [0.15, 0.2) is 0 Å². The van der Waals surface area contributed by atoms with Crippen molar-refractivity contribution in [1.82, 2.24) is 9.80 Å². The molecule has 2 nitrogen and oxygen atoms in total. The van der Waals surface area contributed by atoms with Crippen LogP contribution in [0.1, 0.15) is 40.5 Å². The maximum Gasteiger partial charge on any atom is 0.00157 e. The smallest absolute Gasteiger partial charge is 0.00157 e. The number of likely N-dealkylation sites (tertiary alicyclic amines) is 2. The topological polar surface area (TPSA) is 6.48 Å². The van der Waals surface area contributed by atoms with Crippen LogP contribution in [0.4, 0.5) is 0 Å². The fraction of sp³-hybridized carbons (Fsp3) is 1.00. The second kappa shape index (κ2) is 6.38. The van der Waals surface area contributed by atoms with Crippen LogP contribution in [0.3, 0.4) is 0 Å². The molecule has 0 aromatic heterocycles. The van der Waals surface area contributed by atoms with Crippen LogP contribution in [0.15, 0.2) is 0 Å². The molecule has 0 aliphatic carbocycles. The van der Waals surface area contributed by atoms with Gasteiger partial charge in [-0.1, -0.05) is 27.7 Å². The molecule has 0 aromatic rings. The van der Waals surface area contributed by atoms with Crippen LogP contribution in [0, 0.1) is 23.7 Å². The molecule has 2 heteroatoms. The largest absolute Gasteiger partial charge is 0.303 e.